The van der Waals surface area contributed by atoms with Gasteiger partial charge in [-0.25, -0.2) is 0 Å². The Bertz CT molecular complexity index is 429. The van der Waals surface area contributed by atoms with Gasteiger partial charge in [-0.3, -0.25) is 0 Å². The van der Waals surface area contributed by atoms with Gasteiger partial charge in [-0.15, -0.1) is 0 Å². The fourth-order valence-electron chi connectivity index (χ4n) is 3.00. The number of methoxy groups -OCH3 is 2. The molecule has 4 nitrogen and oxygen atoms in total. The smallest absolute Gasteiger partial charge is 0.127 e. The summed E-state index contributed by atoms with van der Waals surface area (Å²) in [5.41, 5.74) is 7.48. The number of rotatable bonds is 5. The van der Waals surface area contributed by atoms with Gasteiger partial charge in [0.1, 0.15) is 11.5 Å². The summed E-state index contributed by atoms with van der Waals surface area (Å²) in [6.07, 6.45) is 6.64. The molecule has 118 valence electrons. The highest BCUT2D eigenvalue weighted by atomic mass is 16.5. The molecule has 1 saturated heterocycles. The molecule has 21 heavy (non-hydrogen) atoms. The number of hydrogen-bond donors (Lipinski definition) is 1. The molecule has 0 saturated carbocycles. The Labute approximate surface area is 128 Å². The van der Waals surface area contributed by atoms with Crippen LogP contribution in [0.1, 0.15) is 43.7 Å². The van der Waals surface area contributed by atoms with Crippen molar-refractivity contribution < 1.29 is 9.47 Å². The second-order valence-corrected chi connectivity index (χ2v) is 5.78. The quantitative estimate of drug-likeness (QED) is 0.906. The first-order valence-electron chi connectivity index (χ1n) is 7.94. The molecule has 2 rings (SSSR count). The van der Waals surface area contributed by atoms with E-state index in [2.05, 4.69) is 4.90 Å². The molecule has 0 aliphatic carbocycles. The van der Waals surface area contributed by atoms with Crippen molar-refractivity contribution in [3.05, 3.63) is 23.8 Å². The number of likely N-dealkylation sites (tertiary alicyclic amines) is 1. The third kappa shape index (κ3) is 4.61. The van der Waals surface area contributed by atoms with Crippen LogP contribution in [-0.2, 0) is 0 Å². The zero-order valence-corrected chi connectivity index (χ0v) is 13.3. The van der Waals surface area contributed by atoms with Gasteiger partial charge in [0.25, 0.3) is 0 Å². The van der Waals surface area contributed by atoms with Crippen molar-refractivity contribution in [1.82, 2.24) is 4.90 Å². The van der Waals surface area contributed by atoms with E-state index >= 15 is 0 Å². The molecule has 1 aliphatic rings. The zero-order chi connectivity index (χ0) is 15.1. The Morgan fingerprint density at radius 3 is 2.33 bits per heavy atom. The molecule has 1 aliphatic heterocycles. The van der Waals surface area contributed by atoms with Crippen molar-refractivity contribution >= 4 is 0 Å². The van der Waals surface area contributed by atoms with E-state index < -0.39 is 0 Å². The van der Waals surface area contributed by atoms with E-state index in [9.17, 15) is 0 Å². The number of nitrogens with two attached hydrogens (primary N) is 1. The molecule has 0 spiro atoms. The Morgan fingerprint density at radius 2 is 1.71 bits per heavy atom. The normalized spacial score (nSPS) is 18.6. The summed E-state index contributed by atoms with van der Waals surface area (Å²) in [6.45, 7) is 3.21. The lowest BCUT2D eigenvalue weighted by molar-refractivity contribution is 0.233. The van der Waals surface area contributed by atoms with Crippen LogP contribution < -0.4 is 15.2 Å². The van der Waals surface area contributed by atoms with Crippen LogP contribution in [0.4, 0.5) is 0 Å². The molecule has 1 aromatic carbocycles. The second-order valence-electron chi connectivity index (χ2n) is 5.78. The van der Waals surface area contributed by atoms with Crippen molar-refractivity contribution in [2.45, 2.75) is 38.1 Å². The van der Waals surface area contributed by atoms with Crippen molar-refractivity contribution in [1.29, 1.82) is 0 Å². The monoisotopic (exact) mass is 292 g/mol. The molecule has 1 atom stereocenters. The minimum atomic E-state index is -0.0229. The van der Waals surface area contributed by atoms with Gasteiger partial charge in [0.05, 0.1) is 14.2 Å². The molecule has 1 unspecified atom stereocenters. The van der Waals surface area contributed by atoms with Gasteiger partial charge in [-0.05, 0) is 32.0 Å². The van der Waals surface area contributed by atoms with E-state index in [1.165, 1.54) is 32.1 Å². The van der Waals surface area contributed by atoms with Gasteiger partial charge < -0.3 is 20.1 Å². The molecule has 4 heteroatoms. The first-order chi connectivity index (χ1) is 10.2. The highest BCUT2D eigenvalue weighted by Gasteiger charge is 2.17. The van der Waals surface area contributed by atoms with Gasteiger partial charge in [-0.2, -0.15) is 0 Å². The number of nitrogens with zero attached hydrogens (tertiary/aromatic N) is 1. The summed E-state index contributed by atoms with van der Waals surface area (Å²) in [5.74, 6) is 1.61. The minimum Gasteiger partial charge on any atom is -0.497 e. The average Bonchev–Trinajstić information content (AvgIpc) is 2.49. The Morgan fingerprint density at radius 1 is 1.05 bits per heavy atom. The van der Waals surface area contributed by atoms with Crippen LogP contribution in [0.5, 0.6) is 11.5 Å². The summed E-state index contributed by atoms with van der Waals surface area (Å²) in [6, 6.07) is 5.85. The highest BCUT2D eigenvalue weighted by Crippen LogP contribution is 2.29. The van der Waals surface area contributed by atoms with Crippen LogP contribution in [0.25, 0.3) is 0 Å². The lowest BCUT2D eigenvalue weighted by atomic mass is 10.0. The van der Waals surface area contributed by atoms with E-state index in [1.807, 2.05) is 18.2 Å². The minimum absolute atomic E-state index is 0.0229. The second kappa shape index (κ2) is 8.25. The van der Waals surface area contributed by atoms with Gasteiger partial charge in [0, 0.05) is 24.2 Å². The van der Waals surface area contributed by atoms with E-state index in [4.69, 9.17) is 15.2 Å². The molecular formula is C17H28N2O2. The van der Waals surface area contributed by atoms with Gasteiger partial charge >= 0.3 is 0 Å². The lowest BCUT2D eigenvalue weighted by Gasteiger charge is -2.28. The molecule has 1 heterocycles. The predicted molar refractivity (Wildman–Crippen MR) is 86.0 cm³/mol. The van der Waals surface area contributed by atoms with E-state index in [1.54, 1.807) is 14.2 Å². The van der Waals surface area contributed by atoms with E-state index in [-0.39, 0.29) is 6.04 Å². The first kappa shape index (κ1) is 16.1. The Hall–Kier alpha value is -1.26. The molecule has 0 aromatic heterocycles. The van der Waals surface area contributed by atoms with Crippen LogP contribution >= 0.6 is 0 Å². The van der Waals surface area contributed by atoms with Crippen molar-refractivity contribution in [2.75, 3.05) is 33.9 Å². The zero-order valence-electron chi connectivity index (χ0n) is 13.3. The summed E-state index contributed by atoms with van der Waals surface area (Å²) in [5, 5.41) is 0. The summed E-state index contributed by atoms with van der Waals surface area (Å²) in [7, 11) is 3.34. The Balaban J connectivity index is 2.02. The van der Waals surface area contributed by atoms with Crippen molar-refractivity contribution in [3.63, 3.8) is 0 Å². The lowest BCUT2D eigenvalue weighted by Crippen LogP contribution is -2.34. The molecule has 0 bridgehead atoms. The van der Waals surface area contributed by atoms with Gasteiger partial charge in [0.2, 0.25) is 0 Å². The fraction of sp³-hybridized carbons (Fsp3) is 0.647. The van der Waals surface area contributed by atoms with Crippen LogP contribution in [0.2, 0.25) is 0 Å². The summed E-state index contributed by atoms with van der Waals surface area (Å²) in [4.78, 5) is 2.49. The van der Waals surface area contributed by atoms with Crippen LogP contribution in [0.3, 0.4) is 0 Å². The van der Waals surface area contributed by atoms with Crippen LogP contribution in [-0.4, -0.2) is 38.8 Å². The summed E-state index contributed by atoms with van der Waals surface area (Å²) < 4.78 is 10.7. The van der Waals surface area contributed by atoms with Crippen molar-refractivity contribution in [3.8, 4) is 11.5 Å². The van der Waals surface area contributed by atoms with Gasteiger partial charge in [-0.1, -0.05) is 25.3 Å². The van der Waals surface area contributed by atoms with E-state index in [0.29, 0.717) is 0 Å². The standard InChI is InChI=1S/C17H28N2O2/c1-20-14-8-9-15(17(12-14)21-2)16(18)13-19-10-6-4-3-5-7-11-19/h8-9,12,16H,3-7,10-11,13,18H2,1-2H3. The van der Waals surface area contributed by atoms with Crippen LogP contribution in [0.15, 0.2) is 18.2 Å². The SMILES string of the molecule is COc1ccc(C(N)CN2CCCCCCC2)c(OC)c1. The van der Waals surface area contributed by atoms with Crippen LogP contribution in [0, 0.1) is 0 Å². The molecule has 1 aromatic rings. The predicted octanol–water partition coefficient (Wildman–Crippen LogP) is 2.97. The van der Waals surface area contributed by atoms with E-state index in [0.717, 1.165) is 36.7 Å². The first-order valence-corrected chi connectivity index (χ1v) is 7.94. The van der Waals surface area contributed by atoms with Crippen molar-refractivity contribution in [2.24, 2.45) is 5.73 Å². The third-order valence-electron chi connectivity index (χ3n) is 4.24. The molecule has 0 radical (unpaired) electrons. The molecule has 2 N–H and O–H groups in total. The molecule has 0 amide bonds. The fourth-order valence-corrected chi connectivity index (χ4v) is 3.00. The maximum absolute atomic E-state index is 6.42. The number of benzene rings is 1. The molecule has 1 fully saturated rings. The van der Waals surface area contributed by atoms with Gasteiger partial charge in [0.15, 0.2) is 0 Å². The number of ether oxygens (including phenoxy) is 2. The maximum atomic E-state index is 6.42. The Kier molecular flexibility index (Phi) is 6.33. The average molecular weight is 292 g/mol. The summed E-state index contributed by atoms with van der Waals surface area (Å²) >= 11 is 0. The molecular weight excluding hydrogens is 264 g/mol. The topological polar surface area (TPSA) is 47.7 Å². The largest absolute Gasteiger partial charge is 0.497 e. The third-order valence-corrected chi connectivity index (χ3v) is 4.24. The number of hydrogen-bond acceptors (Lipinski definition) is 4. The highest BCUT2D eigenvalue weighted by molar-refractivity contribution is 5.42. The maximum Gasteiger partial charge on any atom is 0.127 e.